The first-order valence-electron chi connectivity index (χ1n) is 9.35. The number of aromatic nitrogens is 2. The van der Waals surface area contributed by atoms with Gasteiger partial charge in [0.25, 0.3) is 5.56 Å². The molecule has 4 rings (SSSR count). The molecule has 0 saturated heterocycles. The maximum atomic E-state index is 13.2. The van der Waals surface area contributed by atoms with Gasteiger partial charge in [0.15, 0.2) is 0 Å². The van der Waals surface area contributed by atoms with Gasteiger partial charge in [0.1, 0.15) is 11.2 Å². The predicted molar refractivity (Wildman–Crippen MR) is 121 cm³/mol. The van der Waals surface area contributed by atoms with E-state index in [1.807, 2.05) is 24.3 Å². The van der Waals surface area contributed by atoms with Crippen molar-refractivity contribution in [2.24, 2.45) is 0 Å². The molecule has 0 saturated carbocycles. The van der Waals surface area contributed by atoms with Crippen molar-refractivity contribution in [2.45, 2.75) is 19.9 Å². The lowest BCUT2D eigenvalue weighted by Crippen LogP contribution is -2.40. The van der Waals surface area contributed by atoms with Crippen LogP contribution in [0.4, 0.5) is 5.69 Å². The van der Waals surface area contributed by atoms with Crippen LogP contribution in [0, 0.1) is 0 Å². The first kappa shape index (κ1) is 20.1. The summed E-state index contributed by atoms with van der Waals surface area (Å²) in [7, 11) is 0. The quantitative estimate of drug-likeness (QED) is 0.509. The minimum Gasteiger partial charge on any atom is -0.325 e. The summed E-state index contributed by atoms with van der Waals surface area (Å²) >= 11 is 7.27. The summed E-state index contributed by atoms with van der Waals surface area (Å²) in [4.78, 5) is 38.8. The Morgan fingerprint density at radius 3 is 2.57 bits per heavy atom. The Labute approximate surface area is 181 Å². The zero-order valence-electron chi connectivity index (χ0n) is 16.1. The molecule has 0 bridgehead atoms. The summed E-state index contributed by atoms with van der Waals surface area (Å²) in [5, 5.41) is 4.94. The third-order valence-corrected chi connectivity index (χ3v) is 5.90. The van der Waals surface area contributed by atoms with Gasteiger partial charge in [0, 0.05) is 10.7 Å². The zero-order chi connectivity index (χ0) is 21.3. The number of nitrogens with one attached hydrogen (secondary N) is 1. The van der Waals surface area contributed by atoms with Crippen LogP contribution in [-0.2, 0) is 17.8 Å². The first-order valence-corrected chi connectivity index (χ1v) is 10.6. The van der Waals surface area contributed by atoms with Crippen molar-refractivity contribution in [3.63, 3.8) is 0 Å². The minimum absolute atomic E-state index is 0.220. The normalized spacial score (nSPS) is 11.0. The molecule has 0 radical (unpaired) electrons. The SMILES string of the molecule is CCc1ccc(NC(=O)Cn2c(=O)n(-c3cccc(Cl)c3)c(=O)c3sccc32)cc1. The molecule has 1 N–H and O–H groups in total. The second kappa shape index (κ2) is 8.30. The number of rotatable bonds is 5. The fraction of sp³-hybridized carbons (Fsp3) is 0.136. The average molecular weight is 440 g/mol. The van der Waals surface area contributed by atoms with Crippen molar-refractivity contribution >= 4 is 44.7 Å². The Morgan fingerprint density at radius 2 is 1.87 bits per heavy atom. The van der Waals surface area contributed by atoms with Crippen molar-refractivity contribution in [1.29, 1.82) is 0 Å². The number of fused-ring (bicyclic) bond motifs is 1. The molecule has 6 nitrogen and oxygen atoms in total. The third-order valence-electron chi connectivity index (χ3n) is 4.77. The molecule has 0 aliphatic carbocycles. The van der Waals surface area contributed by atoms with Gasteiger partial charge >= 0.3 is 5.69 Å². The molecule has 30 heavy (non-hydrogen) atoms. The van der Waals surface area contributed by atoms with E-state index in [2.05, 4.69) is 12.2 Å². The van der Waals surface area contributed by atoms with E-state index in [9.17, 15) is 14.4 Å². The summed E-state index contributed by atoms with van der Waals surface area (Å²) in [5.74, 6) is -0.356. The monoisotopic (exact) mass is 439 g/mol. The van der Waals surface area contributed by atoms with Crippen molar-refractivity contribution in [2.75, 3.05) is 5.32 Å². The van der Waals surface area contributed by atoms with Crippen LogP contribution in [0.15, 0.2) is 69.6 Å². The van der Waals surface area contributed by atoms with E-state index in [1.165, 1.54) is 15.9 Å². The molecular weight excluding hydrogens is 422 g/mol. The summed E-state index contributed by atoms with van der Waals surface area (Å²) in [6.07, 6.45) is 0.908. The number of thiophene rings is 1. The highest BCUT2D eigenvalue weighted by molar-refractivity contribution is 7.17. The van der Waals surface area contributed by atoms with E-state index in [-0.39, 0.29) is 12.5 Å². The second-order valence-electron chi connectivity index (χ2n) is 6.72. The molecule has 0 aliphatic heterocycles. The number of benzene rings is 2. The Bertz CT molecular complexity index is 1350. The Kier molecular flexibility index (Phi) is 5.57. The van der Waals surface area contributed by atoms with Crippen LogP contribution in [0.3, 0.4) is 0 Å². The van der Waals surface area contributed by atoms with Crippen LogP contribution in [0.25, 0.3) is 15.9 Å². The number of anilines is 1. The highest BCUT2D eigenvalue weighted by atomic mass is 35.5. The van der Waals surface area contributed by atoms with E-state index >= 15 is 0 Å². The second-order valence-corrected chi connectivity index (χ2v) is 8.08. The molecule has 0 unspecified atom stereocenters. The number of aryl methyl sites for hydroxylation is 1. The van der Waals surface area contributed by atoms with Crippen LogP contribution in [-0.4, -0.2) is 15.0 Å². The van der Waals surface area contributed by atoms with Crippen LogP contribution in [0.2, 0.25) is 5.02 Å². The van der Waals surface area contributed by atoms with Crippen LogP contribution in [0.1, 0.15) is 12.5 Å². The Hall–Kier alpha value is -3.16. The maximum Gasteiger partial charge on any atom is 0.336 e. The fourth-order valence-corrected chi connectivity index (χ4v) is 4.26. The van der Waals surface area contributed by atoms with Gasteiger partial charge in [-0.25, -0.2) is 9.36 Å². The van der Waals surface area contributed by atoms with Gasteiger partial charge in [-0.2, -0.15) is 0 Å². The van der Waals surface area contributed by atoms with Crippen molar-refractivity contribution in [3.05, 3.63) is 91.4 Å². The number of hydrogen-bond donors (Lipinski definition) is 1. The van der Waals surface area contributed by atoms with Crippen molar-refractivity contribution < 1.29 is 4.79 Å². The van der Waals surface area contributed by atoms with E-state index in [0.717, 1.165) is 16.6 Å². The maximum absolute atomic E-state index is 13.2. The Balaban J connectivity index is 1.75. The summed E-state index contributed by atoms with van der Waals surface area (Å²) in [6, 6.07) is 15.7. The van der Waals surface area contributed by atoms with E-state index in [0.29, 0.717) is 26.6 Å². The molecule has 2 heterocycles. The number of amides is 1. The molecule has 0 spiro atoms. The molecule has 0 aliphatic rings. The van der Waals surface area contributed by atoms with Gasteiger partial charge in [-0.3, -0.25) is 14.2 Å². The molecule has 1 amide bonds. The van der Waals surface area contributed by atoms with Crippen molar-refractivity contribution in [1.82, 2.24) is 9.13 Å². The van der Waals surface area contributed by atoms with Gasteiger partial charge in [-0.15, -0.1) is 11.3 Å². The van der Waals surface area contributed by atoms with Gasteiger partial charge in [0.2, 0.25) is 5.91 Å². The first-order chi connectivity index (χ1) is 14.5. The number of nitrogens with zero attached hydrogens (tertiary/aromatic N) is 2. The van der Waals surface area contributed by atoms with E-state index < -0.39 is 11.2 Å². The summed E-state index contributed by atoms with van der Waals surface area (Å²) in [5.41, 5.74) is 1.58. The largest absolute Gasteiger partial charge is 0.336 e. The topological polar surface area (TPSA) is 73.1 Å². The fourth-order valence-electron chi connectivity index (χ4n) is 3.25. The predicted octanol–water partition coefficient (Wildman–Crippen LogP) is 4.07. The zero-order valence-corrected chi connectivity index (χ0v) is 17.7. The average Bonchev–Trinajstić information content (AvgIpc) is 3.22. The number of carbonyl (C=O) groups excluding carboxylic acids is 1. The van der Waals surface area contributed by atoms with Gasteiger partial charge in [0.05, 0.1) is 11.2 Å². The van der Waals surface area contributed by atoms with Gasteiger partial charge in [-0.1, -0.05) is 36.7 Å². The van der Waals surface area contributed by atoms with Crippen LogP contribution in [0.5, 0.6) is 0 Å². The summed E-state index contributed by atoms with van der Waals surface area (Å²) < 4.78 is 2.76. The highest BCUT2D eigenvalue weighted by Crippen LogP contribution is 2.18. The smallest absolute Gasteiger partial charge is 0.325 e. The molecule has 0 fully saturated rings. The van der Waals surface area contributed by atoms with Crippen LogP contribution >= 0.6 is 22.9 Å². The lowest BCUT2D eigenvalue weighted by molar-refractivity contribution is -0.116. The van der Waals surface area contributed by atoms with Gasteiger partial charge in [-0.05, 0) is 53.8 Å². The molecule has 2 aromatic carbocycles. The minimum atomic E-state index is -0.593. The van der Waals surface area contributed by atoms with E-state index in [4.69, 9.17) is 11.6 Å². The molecule has 8 heteroatoms. The number of halogens is 1. The molecule has 2 aromatic heterocycles. The van der Waals surface area contributed by atoms with Gasteiger partial charge < -0.3 is 5.32 Å². The Morgan fingerprint density at radius 1 is 1.10 bits per heavy atom. The van der Waals surface area contributed by atoms with Crippen LogP contribution < -0.4 is 16.6 Å². The molecule has 4 aromatic rings. The molecular formula is C22H18ClN3O3S. The highest BCUT2D eigenvalue weighted by Gasteiger charge is 2.17. The van der Waals surface area contributed by atoms with E-state index in [1.54, 1.807) is 35.7 Å². The number of carbonyl (C=O) groups is 1. The standard InChI is InChI=1S/C22H18ClN3O3S/c1-2-14-6-8-16(9-7-14)24-19(27)13-25-18-10-11-30-20(18)21(28)26(22(25)29)17-5-3-4-15(23)12-17/h3-12H,2,13H2,1H3,(H,24,27). The lowest BCUT2D eigenvalue weighted by Gasteiger charge is -2.13. The summed E-state index contributed by atoms with van der Waals surface area (Å²) in [6.45, 7) is 1.84. The molecule has 152 valence electrons. The molecule has 0 atom stereocenters. The third kappa shape index (κ3) is 3.81. The number of hydrogen-bond acceptors (Lipinski definition) is 4. The lowest BCUT2D eigenvalue weighted by atomic mass is 10.1. The van der Waals surface area contributed by atoms with Crippen molar-refractivity contribution in [3.8, 4) is 5.69 Å².